The van der Waals surface area contributed by atoms with E-state index in [1.54, 1.807) is 6.33 Å². The fourth-order valence-electron chi connectivity index (χ4n) is 2.24. The van der Waals surface area contributed by atoms with Gasteiger partial charge in [-0.15, -0.1) is 0 Å². The Hall–Kier alpha value is -3.34. The number of imidazole rings is 2. The summed E-state index contributed by atoms with van der Waals surface area (Å²) in [5.74, 6) is 1.52. The summed E-state index contributed by atoms with van der Waals surface area (Å²) in [6, 6.07) is -0.406. The highest BCUT2D eigenvalue weighted by Crippen LogP contribution is 2.18. The monoisotopic (exact) mass is 311 g/mol. The Morgan fingerprint density at radius 1 is 1.04 bits per heavy atom. The molecule has 0 fully saturated rings. The average Bonchev–Trinajstić information content (AvgIpc) is 3.19. The summed E-state index contributed by atoms with van der Waals surface area (Å²) in [6.45, 7) is 0.401. The van der Waals surface area contributed by atoms with Crippen molar-refractivity contribution in [3.05, 3.63) is 24.8 Å². The zero-order valence-corrected chi connectivity index (χ0v) is 11.9. The molecule has 0 aliphatic heterocycles. The lowest BCUT2D eigenvalue weighted by Crippen LogP contribution is -2.22. The number of nitrogens with one attached hydrogen (secondary N) is 3. The van der Waals surface area contributed by atoms with E-state index in [0.717, 1.165) is 5.52 Å². The molecule has 11 nitrogen and oxygen atoms in total. The smallest absolute Gasteiger partial charge is 0.183 e. The fourth-order valence-corrected chi connectivity index (χ4v) is 2.24. The molecule has 0 aliphatic rings. The number of anilines is 2. The van der Waals surface area contributed by atoms with Crippen LogP contribution < -0.4 is 16.8 Å². The molecule has 0 aliphatic carbocycles. The van der Waals surface area contributed by atoms with Gasteiger partial charge in [-0.05, 0) is 0 Å². The van der Waals surface area contributed by atoms with Crippen LogP contribution in [-0.4, -0.2) is 46.4 Å². The summed E-state index contributed by atoms with van der Waals surface area (Å²) in [5, 5.41) is 3.16. The van der Waals surface area contributed by atoms with Crippen LogP contribution in [0.15, 0.2) is 19.0 Å². The van der Waals surface area contributed by atoms with E-state index in [1.165, 1.54) is 12.7 Å². The molecular weight excluding hydrogens is 298 g/mol. The van der Waals surface area contributed by atoms with E-state index >= 15 is 0 Å². The van der Waals surface area contributed by atoms with E-state index in [9.17, 15) is 0 Å². The van der Waals surface area contributed by atoms with Crippen molar-refractivity contribution in [1.82, 2.24) is 39.9 Å². The maximum atomic E-state index is 6.16. The van der Waals surface area contributed by atoms with Crippen LogP contribution in [0, 0.1) is 0 Å². The maximum absolute atomic E-state index is 6.16. The first-order valence-electron chi connectivity index (χ1n) is 6.82. The molecule has 4 heterocycles. The van der Waals surface area contributed by atoms with E-state index in [1.807, 2.05) is 0 Å². The van der Waals surface area contributed by atoms with Gasteiger partial charge in [0.05, 0.1) is 12.4 Å². The second-order valence-electron chi connectivity index (χ2n) is 4.89. The van der Waals surface area contributed by atoms with Crippen LogP contribution in [0.5, 0.6) is 0 Å². The molecule has 0 aromatic carbocycles. The number of nitrogens with two attached hydrogens (primary N) is 2. The largest absolute Gasteiger partial charge is 0.382 e. The van der Waals surface area contributed by atoms with E-state index in [4.69, 9.17) is 11.5 Å². The Morgan fingerprint density at radius 3 is 2.74 bits per heavy atom. The van der Waals surface area contributed by atoms with E-state index in [-0.39, 0.29) is 0 Å². The van der Waals surface area contributed by atoms with Crippen molar-refractivity contribution < 1.29 is 0 Å². The quantitative estimate of drug-likeness (QED) is 0.339. The molecular formula is C12H13N11. The van der Waals surface area contributed by atoms with Crippen LogP contribution in [0.3, 0.4) is 0 Å². The molecule has 4 rings (SSSR count). The van der Waals surface area contributed by atoms with Crippen molar-refractivity contribution in [3.63, 3.8) is 0 Å². The minimum Gasteiger partial charge on any atom is -0.382 e. The number of hydrogen-bond acceptors (Lipinski definition) is 9. The Morgan fingerprint density at radius 2 is 1.87 bits per heavy atom. The molecule has 116 valence electrons. The fraction of sp³-hybridized carbons (Fsp3) is 0.167. The van der Waals surface area contributed by atoms with Crippen molar-refractivity contribution >= 4 is 34.0 Å². The van der Waals surface area contributed by atoms with Gasteiger partial charge in [-0.2, -0.15) is 0 Å². The van der Waals surface area contributed by atoms with Crippen LogP contribution in [0.25, 0.3) is 22.3 Å². The van der Waals surface area contributed by atoms with Gasteiger partial charge in [-0.3, -0.25) is 0 Å². The van der Waals surface area contributed by atoms with E-state index < -0.39 is 6.04 Å². The molecule has 7 N–H and O–H groups in total. The minimum atomic E-state index is -0.406. The molecule has 1 atom stereocenters. The van der Waals surface area contributed by atoms with Crippen molar-refractivity contribution in [2.75, 3.05) is 17.6 Å². The van der Waals surface area contributed by atoms with Gasteiger partial charge in [0.2, 0.25) is 0 Å². The third-order valence-electron chi connectivity index (χ3n) is 3.40. The Bertz CT molecular complexity index is 971. The van der Waals surface area contributed by atoms with Crippen LogP contribution in [0.1, 0.15) is 11.9 Å². The van der Waals surface area contributed by atoms with Gasteiger partial charge in [-0.1, -0.05) is 0 Å². The molecule has 4 aromatic rings. The molecule has 0 bridgehead atoms. The Labute approximate surface area is 129 Å². The molecule has 1 unspecified atom stereocenters. The van der Waals surface area contributed by atoms with Crippen LogP contribution >= 0.6 is 0 Å². The summed E-state index contributed by atoms with van der Waals surface area (Å²) in [5.41, 5.74) is 14.3. The average molecular weight is 311 g/mol. The number of hydrogen-bond donors (Lipinski definition) is 5. The summed E-state index contributed by atoms with van der Waals surface area (Å²) in [4.78, 5) is 30.6. The Balaban J connectivity index is 1.56. The highest BCUT2D eigenvalue weighted by molar-refractivity contribution is 5.82. The first-order chi connectivity index (χ1) is 11.2. The number of aromatic nitrogens is 8. The lowest BCUT2D eigenvalue weighted by atomic mass is 10.3. The summed E-state index contributed by atoms with van der Waals surface area (Å²) in [7, 11) is 0. The van der Waals surface area contributed by atoms with Crippen LogP contribution in [0.2, 0.25) is 0 Å². The molecule has 0 saturated heterocycles. The molecule has 4 aromatic heterocycles. The highest BCUT2D eigenvalue weighted by atomic mass is 15.1. The zero-order chi connectivity index (χ0) is 15.8. The first-order valence-corrected chi connectivity index (χ1v) is 6.82. The normalized spacial score (nSPS) is 12.7. The third-order valence-corrected chi connectivity index (χ3v) is 3.40. The van der Waals surface area contributed by atoms with E-state index in [0.29, 0.717) is 40.8 Å². The van der Waals surface area contributed by atoms with Crippen molar-refractivity contribution in [3.8, 4) is 0 Å². The van der Waals surface area contributed by atoms with Gasteiger partial charge in [0.15, 0.2) is 22.9 Å². The predicted octanol–water partition coefficient (Wildman–Crippen LogP) is -0.287. The van der Waals surface area contributed by atoms with Crippen molar-refractivity contribution in [2.45, 2.75) is 6.04 Å². The van der Waals surface area contributed by atoms with Crippen LogP contribution in [-0.2, 0) is 0 Å². The number of nitrogen functional groups attached to an aromatic ring is 1. The first kappa shape index (κ1) is 13.3. The summed E-state index contributed by atoms with van der Waals surface area (Å²) < 4.78 is 0. The van der Waals surface area contributed by atoms with Crippen LogP contribution in [0.4, 0.5) is 11.6 Å². The number of rotatable bonds is 4. The highest BCUT2D eigenvalue weighted by Gasteiger charge is 2.15. The Kier molecular flexibility index (Phi) is 2.98. The topological polar surface area (TPSA) is 173 Å². The zero-order valence-electron chi connectivity index (χ0n) is 11.9. The van der Waals surface area contributed by atoms with Gasteiger partial charge >= 0.3 is 0 Å². The van der Waals surface area contributed by atoms with Crippen molar-refractivity contribution in [2.24, 2.45) is 5.73 Å². The molecule has 23 heavy (non-hydrogen) atoms. The standard InChI is InChI=1S/C12H13N11/c13-5(9-22-6-8(14)17-3-21-12(6)23-9)1-15-10-7-11(18-2-16-7)20-4-19-10/h2-5H,1,13H2,(H3,14,17,21,22,23)(H2,15,16,18,19,20). The second kappa shape index (κ2) is 5.14. The van der Waals surface area contributed by atoms with Gasteiger partial charge in [0.1, 0.15) is 29.5 Å². The molecule has 11 heteroatoms. The molecule has 0 amide bonds. The van der Waals surface area contributed by atoms with E-state index in [2.05, 4.69) is 45.2 Å². The maximum Gasteiger partial charge on any atom is 0.183 e. The third kappa shape index (κ3) is 2.28. The van der Waals surface area contributed by atoms with Gasteiger partial charge < -0.3 is 26.8 Å². The number of H-pyrrole nitrogens is 2. The summed E-state index contributed by atoms with van der Waals surface area (Å²) >= 11 is 0. The number of fused-ring (bicyclic) bond motifs is 2. The second-order valence-corrected chi connectivity index (χ2v) is 4.89. The van der Waals surface area contributed by atoms with Crippen molar-refractivity contribution in [1.29, 1.82) is 0 Å². The molecule has 0 spiro atoms. The molecule has 0 radical (unpaired) electrons. The number of aromatic amines is 2. The lowest BCUT2D eigenvalue weighted by Gasteiger charge is -2.10. The SMILES string of the molecule is Nc1ncnc2nc(C(N)CNc3ncnc4nc[nH]c34)[nH]c12. The summed E-state index contributed by atoms with van der Waals surface area (Å²) in [6.07, 6.45) is 4.36. The van der Waals surface area contributed by atoms with Gasteiger partial charge in [0.25, 0.3) is 0 Å². The minimum absolute atomic E-state index is 0.337. The predicted molar refractivity (Wildman–Crippen MR) is 83.2 cm³/mol. The van der Waals surface area contributed by atoms with Gasteiger partial charge in [-0.25, -0.2) is 29.9 Å². The molecule has 0 saturated carbocycles. The number of nitrogens with zero attached hydrogens (tertiary/aromatic N) is 6. The van der Waals surface area contributed by atoms with Gasteiger partial charge in [0, 0.05) is 6.54 Å². The lowest BCUT2D eigenvalue weighted by molar-refractivity contribution is 0.715.